The number of benzene rings is 2. The molecule has 0 heterocycles. The number of ether oxygens (including phenoxy) is 1. The zero-order chi connectivity index (χ0) is 17.5. The van der Waals surface area contributed by atoms with Crippen molar-refractivity contribution in [3.8, 4) is 5.75 Å². The summed E-state index contributed by atoms with van der Waals surface area (Å²) in [6.07, 6.45) is 0.414. The van der Waals surface area contributed by atoms with E-state index in [1.165, 1.54) is 6.92 Å². The van der Waals surface area contributed by atoms with Gasteiger partial charge in [-0.1, -0.05) is 30.3 Å². The molecule has 124 valence electrons. The molecule has 2 N–H and O–H groups in total. The first-order valence-corrected chi connectivity index (χ1v) is 7.10. The molecule has 0 bridgehead atoms. The largest absolute Gasteiger partial charge is 0.545 e. The molecule has 0 aromatic heterocycles. The normalized spacial score (nSPS) is 11.9. The number of carbonyl (C=O) groups excluding carboxylic acids is 3. The molecule has 7 heteroatoms. The number of carboxylic acids is 1. The van der Waals surface area contributed by atoms with E-state index in [1.807, 2.05) is 35.8 Å². The minimum atomic E-state index is -1.51. The summed E-state index contributed by atoms with van der Waals surface area (Å²) >= 11 is 0. The van der Waals surface area contributed by atoms with Gasteiger partial charge in [0.2, 0.25) is 0 Å². The zero-order valence-corrected chi connectivity index (χ0v) is 12.8. The molecule has 1 atom stereocenters. The highest BCUT2D eigenvalue weighted by Crippen LogP contribution is 2.21. The standard InChI is InChI=1S/C17H16N2O5/c1-11(17(23)19-18-15(20)8-9-16(21)22)24-14-7-6-12-4-2-3-5-13(12)10-14/h2-11H,1H3,(H,18,20)(H,19,23)(H,21,22)/p-1/b9-8+/t11-/m1/s1. The van der Waals surface area contributed by atoms with Crippen LogP contribution in [0.5, 0.6) is 5.75 Å². The van der Waals surface area contributed by atoms with Gasteiger partial charge in [0.05, 0.1) is 5.97 Å². The van der Waals surface area contributed by atoms with Crippen LogP contribution < -0.4 is 20.7 Å². The third-order valence-electron chi connectivity index (χ3n) is 3.08. The van der Waals surface area contributed by atoms with Gasteiger partial charge < -0.3 is 14.6 Å². The van der Waals surface area contributed by atoms with Gasteiger partial charge in [0.25, 0.3) is 11.8 Å². The smallest absolute Gasteiger partial charge is 0.279 e. The fourth-order valence-corrected chi connectivity index (χ4v) is 1.91. The predicted octanol–water partition coefficient (Wildman–Crippen LogP) is 0.0606. The number of hydrogen-bond donors (Lipinski definition) is 2. The molecule has 7 nitrogen and oxygen atoms in total. The monoisotopic (exact) mass is 327 g/mol. The Morgan fingerprint density at radius 2 is 1.75 bits per heavy atom. The average molecular weight is 327 g/mol. The summed E-state index contributed by atoms with van der Waals surface area (Å²) in [7, 11) is 0. The lowest BCUT2D eigenvalue weighted by atomic mass is 10.1. The van der Waals surface area contributed by atoms with Crippen molar-refractivity contribution in [3.63, 3.8) is 0 Å². The van der Waals surface area contributed by atoms with Crippen LogP contribution >= 0.6 is 0 Å². The maximum Gasteiger partial charge on any atom is 0.279 e. The van der Waals surface area contributed by atoms with Crippen molar-refractivity contribution in [1.82, 2.24) is 10.9 Å². The molecular weight excluding hydrogens is 312 g/mol. The molecular formula is C17H15N2O5-. The fraction of sp³-hybridized carbons (Fsp3) is 0.118. The predicted molar refractivity (Wildman–Crippen MR) is 84.5 cm³/mol. The van der Waals surface area contributed by atoms with Crippen molar-refractivity contribution in [1.29, 1.82) is 0 Å². The summed E-state index contributed by atoms with van der Waals surface area (Å²) < 4.78 is 5.53. The third-order valence-corrected chi connectivity index (χ3v) is 3.08. The summed E-state index contributed by atoms with van der Waals surface area (Å²) in [5, 5.41) is 12.2. The van der Waals surface area contributed by atoms with Gasteiger partial charge in [-0.3, -0.25) is 20.4 Å². The summed E-state index contributed by atoms with van der Waals surface area (Å²) in [5.74, 6) is -2.38. The molecule has 0 saturated carbocycles. The van der Waals surface area contributed by atoms with E-state index in [9.17, 15) is 19.5 Å². The number of nitrogens with one attached hydrogen (secondary N) is 2. The number of hydrogen-bond acceptors (Lipinski definition) is 5. The summed E-state index contributed by atoms with van der Waals surface area (Å²) in [5.41, 5.74) is 4.17. The number of carboxylic acid groups (broad SMARTS) is 1. The first-order chi connectivity index (χ1) is 11.5. The molecule has 2 aromatic carbocycles. The summed E-state index contributed by atoms with van der Waals surface area (Å²) in [6.45, 7) is 1.52. The number of rotatable bonds is 5. The van der Waals surface area contributed by atoms with Gasteiger partial charge in [0, 0.05) is 6.08 Å². The highest BCUT2D eigenvalue weighted by Gasteiger charge is 2.15. The average Bonchev–Trinajstić information content (AvgIpc) is 2.57. The minimum Gasteiger partial charge on any atom is -0.545 e. The van der Waals surface area contributed by atoms with Gasteiger partial charge in [0.15, 0.2) is 6.10 Å². The van der Waals surface area contributed by atoms with Crippen LogP contribution in [0.25, 0.3) is 10.8 Å². The van der Waals surface area contributed by atoms with Gasteiger partial charge >= 0.3 is 0 Å². The Labute approximate surface area is 137 Å². The van der Waals surface area contributed by atoms with Crippen molar-refractivity contribution >= 4 is 28.6 Å². The first-order valence-electron chi connectivity index (χ1n) is 7.10. The van der Waals surface area contributed by atoms with Crippen molar-refractivity contribution in [2.75, 3.05) is 0 Å². The second kappa shape index (κ2) is 7.77. The van der Waals surface area contributed by atoms with E-state index >= 15 is 0 Å². The zero-order valence-electron chi connectivity index (χ0n) is 12.8. The Hall–Kier alpha value is -3.35. The van der Waals surface area contributed by atoms with E-state index in [0.29, 0.717) is 11.8 Å². The van der Waals surface area contributed by atoms with Crippen LogP contribution in [-0.2, 0) is 14.4 Å². The summed E-state index contributed by atoms with van der Waals surface area (Å²) in [4.78, 5) is 33.2. The number of amides is 2. The second-order valence-corrected chi connectivity index (χ2v) is 4.90. The molecule has 0 aliphatic rings. The third kappa shape index (κ3) is 4.84. The van der Waals surface area contributed by atoms with Gasteiger partial charge in [0.1, 0.15) is 5.75 Å². The van der Waals surface area contributed by atoms with E-state index in [-0.39, 0.29) is 0 Å². The van der Waals surface area contributed by atoms with Crippen LogP contribution in [0.2, 0.25) is 0 Å². The molecule has 0 saturated heterocycles. The Bertz CT molecular complexity index is 800. The number of aliphatic carboxylic acids is 1. The highest BCUT2D eigenvalue weighted by molar-refractivity contribution is 5.94. The fourth-order valence-electron chi connectivity index (χ4n) is 1.91. The topological polar surface area (TPSA) is 108 Å². The highest BCUT2D eigenvalue weighted by atomic mass is 16.5. The van der Waals surface area contributed by atoms with Crippen molar-refractivity contribution in [2.24, 2.45) is 0 Å². The minimum absolute atomic E-state index is 0.513. The van der Waals surface area contributed by atoms with Crippen LogP contribution in [0, 0.1) is 0 Å². The first kappa shape index (κ1) is 17.0. The Morgan fingerprint density at radius 3 is 2.46 bits per heavy atom. The van der Waals surface area contributed by atoms with Gasteiger partial charge in [-0.05, 0) is 35.9 Å². The maximum atomic E-state index is 11.8. The molecule has 0 spiro atoms. The lowest BCUT2D eigenvalue weighted by Gasteiger charge is -2.15. The molecule has 2 amide bonds. The van der Waals surface area contributed by atoms with E-state index in [4.69, 9.17) is 4.74 Å². The van der Waals surface area contributed by atoms with Crippen LogP contribution in [-0.4, -0.2) is 23.9 Å². The van der Waals surface area contributed by atoms with Gasteiger partial charge in [-0.25, -0.2) is 0 Å². The summed E-state index contributed by atoms with van der Waals surface area (Å²) in [6, 6.07) is 13.1. The van der Waals surface area contributed by atoms with Crippen LogP contribution in [0.3, 0.4) is 0 Å². The van der Waals surface area contributed by atoms with E-state index in [0.717, 1.165) is 16.8 Å². The molecule has 0 aliphatic carbocycles. The SMILES string of the molecule is C[C@@H](Oc1ccc2ccccc2c1)C(=O)NNC(=O)/C=C/C(=O)[O-]. The van der Waals surface area contributed by atoms with Crippen LogP contribution in [0.15, 0.2) is 54.6 Å². The molecule has 24 heavy (non-hydrogen) atoms. The molecule has 0 radical (unpaired) electrons. The van der Waals surface area contributed by atoms with Crippen LogP contribution in [0.1, 0.15) is 6.92 Å². The van der Waals surface area contributed by atoms with Gasteiger partial charge in [-0.15, -0.1) is 0 Å². The van der Waals surface area contributed by atoms with E-state index in [1.54, 1.807) is 12.1 Å². The lowest BCUT2D eigenvalue weighted by molar-refractivity contribution is -0.297. The second-order valence-electron chi connectivity index (χ2n) is 4.90. The van der Waals surface area contributed by atoms with Gasteiger partial charge in [-0.2, -0.15) is 0 Å². The molecule has 0 unspecified atom stereocenters. The Morgan fingerprint density at radius 1 is 1.04 bits per heavy atom. The van der Waals surface area contributed by atoms with Crippen LogP contribution in [0.4, 0.5) is 0 Å². The lowest BCUT2D eigenvalue weighted by Crippen LogP contribution is -2.46. The maximum absolute atomic E-state index is 11.8. The quantitative estimate of drug-likeness (QED) is 0.596. The number of hydrazine groups is 1. The Kier molecular flexibility index (Phi) is 5.51. The number of carbonyl (C=O) groups is 3. The van der Waals surface area contributed by atoms with E-state index in [2.05, 4.69) is 5.43 Å². The molecule has 0 aliphatic heterocycles. The van der Waals surface area contributed by atoms with Crippen molar-refractivity contribution < 1.29 is 24.2 Å². The molecule has 2 rings (SSSR count). The van der Waals surface area contributed by atoms with Crippen molar-refractivity contribution in [3.05, 3.63) is 54.6 Å². The number of fused-ring (bicyclic) bond motifs is 1. The van der Waals surface area contributed by atoms with Crippen molar-refractivity contribution in [2.45, 2.75) is 13.0 Å². The molecule has 2 aromatic rings. The van der Waals surface area contributed by atoms with E-state index < -0.39 is 23.9 Å². The Balaban J connectivity index is 1.90. The molecule has 0 fully saturated rings.